The lowest BCUT2D eigenvalue weighted by atomic mass is 10.0. The summed E-state index contributed by atoms with van der Waals surface area (Å²) >= 11 is 0. The molecule has 0 amide bonds. The van der Waals surface area contributed by atoms with Gasteiger partial charge in [0.15, 0.2) is 23.0 Å². The molecule has 46 heavy (non-hydrogen) atoms. The van der Waals surface area contributed by atoms with Crippen molar-refractivity contribution in [3.05, 3.63) is 90.9 Å². The molecule has 238 valence electrons. The monoisotopic (exact) mass is 623 g/mol. The van der Waals surface area contributed by atoms with Crippen LogP contribution in [0.3, 0.4) is 0 Å². The fourth-order valence-electron chi connectivity index (χ4n) is 5.23. The Bertz CT molecular complexity index is 1740. The molecule has 0 aliphatic carbocycles. The Morgan fingerprint density at radius 3 is 1.61 bits per heavy atom. The molecule has 10 nitrogen and oxygen atoms in total. The van der Waals surface area contributed by atoms with Gasteiger partial charge in [-0.15, -0.1) is 0 Å². The Labute approximate surface area is 269 Å². The van der Waals surface area contributed by atoms with Gasteiger partial charge in [0.1, 0.15) is 5.75 Å². The second-order valence-electron chi connectivity index (χ2n) is 10.1. The van der Waals surface area contributed by atoms with Crippen LogP contribution in [-0.2, 0) is 6.54 Å². The zero-order valence-corrected chi connectivity index (χ0v) is 27.0. The van der Waals surface area contributed by atoms with Gasteiger partial charge in [-0.3, -0.25) is 9.97 Å². The average molecular weight is 624 g/mol. The van der Waals surface area contributed by atoms with Gasteiger partial charge in [0.2, 0.25) is 11.5 Å². The van der Waals surface area contributed by atoms with Gasteiger partial charge in [0.05, 0.1) is 55.5 Å². The van der Waals surface area contributed by atoms with E-state index < -0.39 is 0 Å². The number of aromatic nitrogens is 2. The van der Waals surface area contributed by atoms with Crippen LogP contribution < -0.4 is 38.1 Å². The molecule has 2 heterocycles. The predicted octanol–water partition coefficient (Wildman–Crippen LogP) is 7.21. The van der Waals surface area contributed by atoms with Crippen LogP contribution in [0.4, 0.5) is 11.4 Å². The minimum absolute atomic E-state index is 0.510. The van der Waals surface area contributed by atoms with Crippen molar-refractivity contribution < 1.29 is 33.2 Å². The van der Waals surface area contributed by atoms with E-state index in [1.165, 1.54) is 0 Å². The third-order valence-electron chi connectivity index (χ3n) is 7.53. The van der Waals surface area contributed by atoms with Crippen molar-refractivity contribution in [1.29, 1.82) is 0 Å². The summed E-state index contributed by atoms with van der Waals surface area (Å²) in [5.41, 5.74) is 6.20. The SMILES string of the molecule is COc1ccc(N(Cc2cncc(-c3cc(OC)c(OC)c(OC)c3)c2)c2ccnc(-c3cc(OC)c(OC)c(OC)c3)c2)cc1. The zero-order valence-electron chi connectivity index (χ0n) is 27.0. The van der Waals surface area contributed by atoms with E-state index in [0.717, 1.165) is 45.1 Å². The number of hydrogen-bond donors (Lipinski definition) is 0. The van der Waals surface area contributed by atoms with Crippen molar-refractivity contribution in [1.82, 2.24) is 9.97 Å². The van der Waals surface area contributed by atoms with Gasteiger partial charge in [-0.25, -0.2) is 0 Å². The van der Waals surface area contributed by atoms with Crippen LogP contribution in [0.1, 0.15) is 5.56 Å². The first-order chi connectivity index (χ1) is 22.5. The molecule has 0 fully saturated rings. The average Bonchev–Trinajstić information content (AvgIpc) is 3.12. The molecule has 3 aromatic carbocycles. The summed E-state index contributed by atoms with van der Waals surface area (Å²) in [6.45, 7) is 0.510. The van der Waals surface area contributed by atoms with Crippen molar-refractivity contribution in [3.8, 4) is 62.6 Å². The maximum atomic E-state index is 5.59. The van der Waals surface area contributed by atoms with Gasteiger partial charge in [0, 0.05) is 47.6 Å². The highest BCUT2D eigenvalue weighted by molar-refractivity contribution is 5.74. The van der Waals surface area contributed by atoms with E-state index in [9.17, 15) is 0 Å². The van der Waals surface area contributed by atoms with Crippen LogP contribution in [0.25, 0.3) is 22.4 Å². The number of rotatable bonds is 13. The minimum Gasteiger partial charge on any atom is -0.497 e. The molecule has 0 bridgehead atoms. The second kappa shape index (κ2) is 14.4. The third-order valence-corrected chi connectivity index (χ3v) is 7.53. The number of methoxy groups -OCH3 is 7. The third kappa shape index (κ3) is 6.56. The molecule has 2 aromatic heterocycles. The molecule has 0 spiro atoms. The maximum absolute atomic E-state index is 5.59. The van der Waals surface area contributed by atoms with Gasteiger partial charge >= 0.3 is 0 Å². The van der Waals surface area contributed by atoms with Crippen LogP contribution >= 0.6 is 0 Å². The molecule has 0 saturated heterocycles. The Kier molecular flexibility index (Phi) is 9.97. The topological polar surface area (TPSA) is 93.6 Å². The number of benzene rings is 3. The van der Waals surface area contributed by atoms with Crippen molar-refractivity contribution in [2.24, 2.45) is 0 Å². The van der Waals surface area contributed by atoms with Crippen molar-refractivity contribution in [3.63, 3.8) is 0 Å². The van der Waals surface area contributed by atoms with Crippen LogP contribution in [0.5, 0.6) is 40.2 Å². The molecule has 0 saturated carbocycles. The number of anilines is 2. The van der Waals surface area contributed by atoms with E-state index in [1.54, 1.807) is 56.0 Å². The predicted molar refractivity (Wildman–Crippen MR) is 177 cm³/mol. The van der Waals surface area contributed by atoms with E-state index in [2.05, 4.69) is 20.9 Å². The van der Waals surface area contributed by atoms with Crippen LogP contribution in [0.15, 0.2) is 85.3 Å². The summed E-state index contributed by atoms with van der Waals surface area (Å²) in [4.78, 5) is 11.5. The Morgan fingerprint density at radius 2 is 1.09 bits per heavy atom. The second-order valence-corrected chi connectivity index (χ2v) is 10.1. The molecule has 0 N–H and O–H groups in total. The van der Waals surface area contributed by atoms with Gasteiger partial charge < -0.3 is 38.1 Å². The smallest absolute Gasteiger partial charge is 0.203 e. The summed E-state index contributed by atoms with van der Waals surface area (Å²) in [5.74, 6) is 4.05. The van der Waals surface area contributed by atoms with Crippen LogP contribution in [0, 0.1) is 0 Å². The van der Waals surface area contributed by atoms with Crippen molar-refractivity contribution in [2.75, 3.05) is 54.7 Å². The number of hydrogen-bond acceptors (Lipinski definition) is 10. The highest BCUT2D eigenvalue weighted by atomic mass is 16.5. The largest absolute Gasteiger partial charge is 0.497 e. The fraction of sp³-hybridized carbons (Fsp3) is 0.222. The Morgan fingerprint density at radius 1 is 0.522 bits per heavy atom. The maximum Gasteiger partial charge on any atom is 0.203 e. The molecule has 5 aromatic rings. The molecule has 0 aliphatic rings. The molecule has 5 rings (SSSR count). The molecule has 0 radical (unpaired) electrons. The van der Waals surface area contributed by atoms with Gasteiger partial charge in [-0.05, 0) is 77.9 Å². The summed E-state index contributed by atoms with van der Waals surface area (Å²) in [7, 11) is 11.2. The van der Waals surface area contributed by atoms with E-state index in [0.29, 0.717) is 41.0 Å². The van der Waals surface area contributed by atoms with Crippen molar-refractivity contribution in [2.45, 2.75) is 6.54 Å². The van der Waals surface area contributed by atoms with Crippen LogP contribution in [0.2, 0.25) is 0 Å². The summed E-state index contributed by atoms with van der Waals surface area (Å²) < 4.78 is 38.8. The molecule has 0 unspecified atom stereocenters. The van der Waals surface area contributed by atoms with E-state index >= 15 is 0 Å². The quantitative estimate of drug-likeness (QED) is 0.134. The Hall–Kier alpha value is -5.64. The lowest BCUT2D eigenvalue weighted by Gasteiger charge is -2.26. The van der Waals surface area contributed by atoms with Gasteiger partial charge in [-0.1, -0.05) is 0 Å². The summed E-state index contributed by atoms with van der Waals surface area (Å²) in [6.07, 6.45) is 5.46. The normalized spacial score (nSPS) is 10.6. The van der Waals surface area contributed by atoms with E-state index in [-0.39, 0.29) is 0 Å². The molecule has 0 atom stereocenters. The van der Waals surface area contributed by atoms with E-state index in [4.69, 9.17) is 33.2 Å². The first-order valence-corrected chi connectivity index (χ1v) is 14.4. The zero-order chi connectivity index (χ0) is 32.6. The lowest BCUT2D eigenvalue weighted by molar-refractivity contribution is 0.324. The fourth-order valence-corrected chi connectivity index (χ4v) is 5.23. The van der Waals surface area contributed by atoms with E-state index in [1.807, 2.05) is 73.1 Å². The van der Waals surface area contributed by atoms with Crippen molar-refractivity contribution >= 4 is 11.4 Å². The minimum atomic E-state index is 0.510. The van der Waals surface area contributed by atoms with Gasteiger partial charge in [0.25, 0.3) is 0 Å². The summed E-state index contributed by atoms with van der Waals surface area (Å²) in [5, 5.41) is 0. The first kappa shape index (κ1) is 31.8. The highest BCUT2D eigenvalue weighted by Gasteiger charge is 2.18. The molecular formula is C36H37N3O7. The molecular weight excluding hydrogens is 586 g/mol. The number of pyridine rings is 2. The highest BCUT2D eigenvalue weighted by Crippen LogP contribution is 2.43. The van der Waals surface area contributed by atoms with Gasteiger partial charge in [-0.2, -0.15) is 0 Å². The lowest BCUT2D eigenvalue weighted by Crippen LogP contribution is -2.17. The first-order valence-electron chi connectivity index (χ1n) is 14.4. The van der Waals surface area contributed by atoms with Crippen LogP contribution in [-0.4, -0.2) is 59.7 Å². The molecule has 0 aliphatic heterocycles. The Balaban J connectivity index is 1.57. The standard InChI is InChI=1S/C36H37N3O7/c1-40-29-10-8-27(9-11-29)39(28-12-13-38-30(19-28)25-17-33(43-4)36(46-7)34(18-25)44-5)22-23-14-26(21-37-20-23)24-15-31(41-2)35(45-6)32(16-24)42-3/h8-21H,22H2,1-7H3. The summed E-state index contributed by atoms with van der Waals surface area (Å²) in [6, 6.07) is 21.6. The number of nitrogens with zero attached hydrogens (tertiary/aromatic N) is 3. The molecule has 10 heteroatoms. The number of ether oxygens (including phenoxy) is 7.